The minimum Gasteiger partial charge on any atom is -0.387 e. The Balaban J connectivity index is 2.49. The third kappa shape index (κ3) is 4.23. The molecule has 0 saturated heterocycles. The van der Waals surface area contributed by atoms with Crippen molar-refractivity contribution >= 4 is 5.69 Å². The lowest BCUT2D eigenvalue weighted by Gasteiger charge is -2.11. The van der Waals surface area contributed by atoms with E-state index in [4.69, 9.17) is 6.42 Å². The second kappa shape index (κ2) is 6.63. The molecule has 0 spiro atoms. The van der Waals surface area contributed by atoms with Crippen LogP contribution in [0.1, 0.15) is 18.1 Å². The van der Waals surface area contributed by atoms with E-state index in [0.717, 1.165) is 0 Å². The van der Waals surface area contributed by atoms with E-state index in [1.807, 2.05) is 0 Å². The molecule has 1 aromatic rings. The minimum absolute atomic E-state index is 0.0150. The molecule has 1 atom stereocenters. The van der Waals surface area contributed by atoms with Gasteiger partial charge in [0, 0.05) is 31.6 Å². The highest BCUT2D eigenvalue weighted by Crippen LogP contribution is 2.17. The first-order valence-electron chi connectivity index (χ1n) is 5.21. The Labute approximate surface area is 99.6 Å². The Hall–Kier alpha value is -1.90. The van der Waals surface area contributed by atoms with Gasteiger partial charge in [-0.2, -0.15) is 0 Å². The lowest BCUT2D eigenvalue weighted by molar-refractivity contribution is -0.384. The SMILES string of the molecule is C#CCCNCC(O)c1ccc([N+](=O)[O-])cc1. The summed E-state index contributed by atoms with van der Waals surface area (Å²) in [6, 6.07) is 5.84. The number of aliphatic hydroxyl groups excluding tert-OH is 1. The predicted molar refractivity (Wildman–Crippen MR) is 64.4 cm³/mol. The minimum atomic E-state index is -0.687. The Morgan fingerprint density at radius 2 is 2.12 bits per heavy atom. The summed E-state index contributed by atoms with van der Waals surface area (Å²) in [5.74, 6) is 2.48. The summed E-state index contributed by atoms with van der Waals surface area (Å²) in [5, 5.41) is 23.2. The zero-order valence-corrected chi connectivity index (χ0v) is 9.30. The molecule has 5 heteroatoms. The molecule has 0 aliphatic rings. The summed E-state index contributed by atoms with van der Waals surface area (Å²) in [6.45, 7) is 1.01. The zero-order valence-electron chi connectivity index (χ0n) is 9.30. The van der Waals surface area contributed by atoms with Crippen LogP contribution in [0, 0.1) is 22.5 Å². The van der Waals surface area contributed by atoms with E-state index in [2.05, 4.69) is 11.2 Å². The van der Waals surface area contributed by atoms with Gasteiger partial charge in [0.2, 0.25) is 0 Å². The number of terminal acetylenes is 1. The monoisotopic (exact) mass is 234 g/mol. The molecule has 0 radical (unpaired) electrons. The summed E-state index contributed by atoms with van der Waals surface area (Å²) in [7, 11) is 0. The summed E-state index contributed by atoms with van der Waals surface area (Å²) >= 11 is 0. The normalized spacial score (nSPS) is 11.8. The third-order valence-electron chi connectivity index (χ3n) is 2.27. The molecule has 0 fully saturated rings. The number of hydrogen-bond acceptors (Lipinski definition) is 4. The van der Waals surface area contributed by atoms with Gasteiger partial charge in [0.1, 0.15) is 0 Å². The molecule has 0 saturated carbocycles. The van der Waals surface area contributed by atoms with Gasteiger partial charge in [-0.1, -0.05) is 0 Å². The van der Waals surface area contributed by atoms with Crippen LogP contribution in [-0.2, 0) is 0 Å². The Kier molecular flexibility index (Phi) is 5.14. The molecule has 0 aliphatic heterocycles. The van der Waals surface area contributed by atoms with Crippen molar-refractivity contribution in [1.29, 1.82) is 0 Å². The van der Waals surface area contributed by atoms with E-state index in [0.29, 0.717) is 25.1 Å². The van der Waals surface area contributed by atoms with Crippen LogP contribution < -0.4 is 5.32 Å². The first-order valence-corrected chi connectivity index (χ1v) is 5.21. The van der Waals surface area contributed by atoms with Gasteiger partial charge in [-0.15, -0.1) is 12.3 Å². The van der Waals surface area contributed by atoms with Gasteiger partial charge in [-0.3, -0.25) is 10.1 Å². The number of hydrogen-bond donors (Lipinski definition) is 2. The molecular formula is C12H14N2O3. The summed E-state index contributed by atoms with van der Waals surface area (Å²) in [6.07, 6.45) is 5.00. The van der Waals surface area contributed by atoms with Crippen LogP contribution in [-0.4, -0.2) is 23.1 Å². The van der Waals surface area contributed by atoms with Gasteiger partial charge in [0.25, 0.3) is 5.69 Å². The fourth-order valence-electron chi connectivity index (χ4n) is 1.34. The molecule has 1 aromatic carbocycles. The van der Waals surface area contributed by atoms with Crippen molar-refractivity contribution in [2.75, 3.05) is 13.1 Å². The maximum atomic E-state index is 10.4. The van der Waals surface area contributed by atoms with Crippen LogP contribution in [0.5, 0.6) is 0 Å². The average Bonchev–Trinajstić information content (AvgIpc) is 2.34. The number of nitro benzene ring substituents is 1. The number of nitrogens with zero attached hydrogens (tertiary/aromatic N) is 1. The zero-order chi connectivity index (χ0) is 12.7. The van der Waals surface area contributed by atoms with Crippen LogP contribution in [0.2, 0.25) is 0 Å². The van der Waals surface area contributed by atoms with E-state index in [1.165, 1.54) is 12.1 Å². The number of non-ortho nitro benzene ring substituents is 1. The van der Waals surface area contributed by atoms with Crippen LogP contribution in [0.15, 0.2) is 24.3 Å². The van der Waals surface area contributed by atoms with Crippen molar-refractivity contribution in [2.24, 2.45) is 0 Å². The Morgan fingerprint density at radius 1 is 1.47 bits per heavy atom. The highest BCUT2D eigenvalue weighted by molar-refractivity contribution is 5.33. The van der Waals surface area contributed by atoms with Crippen molar-refractivity contribution in [2.45, 2.75) is 12.5 Å². The number of rotatable bonds is 6. The number of benzene rings is 1. The summed E-state index contributed by atoms with van der Waals surface area (Å²) < 4.78 is 0. The topological polar surface area (TPSA) is 75.4 Å². The third-order valence-corrected chi connectivity index (χ3v) is 2.27. The quantitative estimate of drug-likeness (QED) is 0.336. The fourth-order valence-corrected chi connectivity index (χ4v) is 1.34. The molecule has 2 N–H and O–H groups in total. The van der Waals surface area contributed by atoms with E-state index in [1.54, 1.807) is 12.1 Å². The van der Waals surface area contributed by atoms with Gasteiger partial charge >= 0.3 is 0 Å². The molecule has 0 bridgehead atoms. The second-order valence-corrected chi connectivity index (χ2v) is 3.52. The van der Waals surface area contributed by atoms with Gasteiger partial charge < -0.3 is 10.4 Å². The van der Waals surface area contributed by atoms with Crippen molar-refractivity contribution in [3.05, 3.63) is 39.9 Å². The van der Waals surface area contributed by atoms with Gasteiger partial charge in [0.05, 0.1) is 11.0 Å². The number of nitrogens with one attached hydrogen (secondary N) is 1. The molecule has 90 valence electrons. The van der Waals surface area contributed by atoms with Crippen molar-refractivity contribution in [3.63, 3.8) is 0 Å². The molecule has 5 nitrogen and oxygen atoms in total. The molecule has 1 unspecified atom stereocenters. The van der Waals surface area contributed by atoms with E-state index < -0.39 is 11.0 Å². The molecule has 17 heavy (non-hydrogen) atoms. The van der Waals surface area contributed by atoms with Gasteiger partial charge in [0.15, 0.2) is 0 Å². The molecule has 0 amide bonds. The standard InChI is InChI=1S/C12H14N2O3/c1-2-3-8-13-9-12(15)10-4-6-11(7-5-10)14(16)17/h1,4-7,12-13,15H,3,8-9H2. The van der Waals surface area contributed by atoms with Gasteiger partial charge in [-0.25, -0.2) is 0 Å². The Morgan fingerprint density at radius 3 is 2.65 bits per heavy atom. The molecular weight excluding hydrogens is 220 g/mol. The lowest BCUT2D eigenvalue weighted by Crippen LogP contribution is -2.22. The van der Waals surface area contributed by atoms with E-state index in [9.17, 15) is 15.2 Å². The predicted octanol–water partition coefficient (Wildman–Crippen LogP) is 1.24. The first kappa shape index (κ1) is 13.2. The average molecular weight is 234 g/mol. The largest absolute Gasteiger partial charge is 0.387 e. The van der Waals surface area contributed by atoms with Crippen LogP contribution in [0.3, 0.4) is 0 Å². The summed E-state index contributed by atoms with van der Waals surface area (Å²) in [4.78, 5) is 9.97. The second-order valence-electron chi connectivity index (χ2n) is 3.52. The Bertz CT molecular complexity index is 409. The molecule has 0 aliphatic carbocycles. The first-order chi connectivity index (χ1) is 8.15. The smallest absolute Gasteiger partial charge is 0.269 e. The van der Waals surface area contributed by atoms with Crippen LogP contribution >= 0.6 is 0 Å². The highest BCUT2D eigenvalue weighted by atomic mass is 16.6. The highest BCUT2D eigenvalue weighted by Gasteiger charge is 2.09. The van der Waals surface area contributed by atoms with Gasteiger partial charge in [-0.05, 0) is 17.7 Å². The molecule has 0 heterocycles. The van der Waals surface area contributed by atoms with Crippen molar-refractivity contribution in [1.82, 2.24) is 5.32 Å². The van der Waals surface area contributed by atoms with Crippen LogP contribution in [0.4, 0.5) is 5.69 Å². The van der Waals surface area contributed by atoms with E-state index in [-0.39, 0.29) is 5.69 Å². The maximum Gasteiger partial charge on any atom is 0.269 e. The number of nitro groups is 1. The fraction of sp³-hybridized carbons (Fsp3) is 0.333. The van der Waals surface area contributed by atoms with E-state index >= 15 is 0 Å². The molecule has 1 rings (SSSR count). The van der Waals surface area contributed by atoms with Crippen molar-refractivity contribution in [3.8, 4) is 12.3 Å². The molecule has 0 aromatic heterocycles. The number of aliphatic hydroxyl groups is 1. The maximum absolute atomic E-state index is 10.4. The van der Waals surface area contributed by atoms with Crippen molar-refractivity contribution < 1.29 is 10.0 Å². The summed E-state index contributed by atoms with van der Waals surface area (Å²) in [5.41, 5.74) is 0.657. The lowest BCUT2D eigenvalue weighted by atomic mass is 10.1. The van der Waals surface area contributed by atoms with Crippen LogP contribution in [0.25, 0.3) is 0 Å².